The van der Waals surface area contributed by atoms with E-state index in [-0.39, 0.29) is 34.0 Å². The average Bonchev–Trinajstić information content (AvgIpc) is 0. The standard InChI is InChI=1S/BrH.FH.2H3N/h2*1H;2*1H3. The van der Waals surface area contributed by atoms with E-state index in [4.69, 9.17) is 0 Å². The smallest absolute Gasteiger partial charge is 0.369 e. The van der Waals surface area contributed by atoms with E-state index in [9.17, 15) is 0 Å². The van der Waals surface area contributed by atoms with Crippen LogP contribution in [0.25, 0.3) is 0 Å². The molecule has 0 fully saturated rings. The first kappa shape index (κ1) is 441. The van der Waals surface area contributed by atoms with Gasteiger partial charge in [-0.1, -0.05) is 0 Å². The summed E-state index contributed by atoms with van der Waals surface area (Å²) in [5, 5.41) is 0. The number of hydrogen-bond acceptors (Lipinski definition) is 0. The number of rotatable bonds is 0. The molecule has 4 heavy (non-hydrogen) atoms. The highest BCUT2D eigenvalue weighted by Crippen LogP contribution is -0.480. The Morgan fingerprint density at radius 1 is 0.750 bits per heavy atom. The minimum Gasteiger partial charge on any atom is -1.00 e. The molecule has 0 aromatic carbocycles. The molecule has 0 aromatic rings. The molecule has 32 valence electrons. The maximum atomic E-state index is 0. The molecular formula is H8BrFN2. The van der Waals surface area contributed by atoms with Crippen molar-refractivity contribution in [3.8, 4) is 0 Å². The van der Waals surface area contributed by atoms with E-state index in [0.717, 1.165) is 0 Å². The molecule has 0 saturated carbocycles. The predicted octanol–water partition coefficient (Wildman–Crippen LogP) is -5.24. The largest absolute Gasteiger partial charge is 1.00 e. The molecule has 0 radical (unpaired) electrons. The predicted molar refractivity (Wildman–Crippen MR) is 12.0 cm³/mol. The van der Waals surface area contributed by atoms with Crippen molar-refractivity contribution in [2.75, 3.05) is 0 Å². The lowest BCUT2D eigenvalue weighted by Crippen LogP contribution is -3.00. The van der Waals surface area contributed by atoms with Gasteiger partial charge < -0.3 is 34.0 Å². The maximum absolute atomic E-state index is 0. The molecular weight excluding hydrogens is 127 g/mol. The summed E-state index contributed by atoms with van der Waals surface area (Å²) in [6, 6.07) is 0. The quantitative estimate of drug-likeness (QED) is 0.333. The Bertz CT molecular complexity index is 6.00. The second-order valence-electron chi connectivity index (χ2n) is 0. The molecule has 0 spiro atoms. The molecule has 0 amide bonds. The van der Waals surface area contributed by atoms with Crippen molar-refractivity contribution in [3.63, 3.8) is 0 Å². The van der Waals surface area contributed by atoms with E-state index in [1.54, 1.807) is 0 Å². The summed E-state index contributed by atoms with van der Waals surface area (Å²) >= 11 is 0. The van der Waals surface area contributed by atoms with E-state index >= 15 is 0 Å². The Balaban J connectivity index is 0. The van der Waals surface area contributed by atoms with Gasteiger partial charge >= 0.3 is 0 Å². The maximum Gasteiger partial charge on any atom is -0.369 e. The topological polar surface area (TPSA) is 73.0 Å². The van der Waals surface area contributed by atoms with E-state index in [1.165, 1.54) is 0 Å². The van der Waals surface area contributed by atoms with Gasteiger partial charge in [0, 0.05) is 0 Å². The molecule has 0 unspecified atom stereocenters. The minimum atomic E-state index is 0. The lowest BCUT2D eigenvalue weighted by Gasteiger charge is -1.00. The van der Waals surface area contributed by atoms with Crippen LogP contribution in [-0.4, -0.2) is 0 Å². The van der Waals surface area contributed by atoms with Gasteiger partial charge in [-0.3, -0.25) is 0 Å². The van der Waals surface area contributed by atoms with Crippen molar-refractivity contribution in [3.05, 3.63) is 0 Å². The van der Waals surface area contributed by atoms with Crippen LogP contribution in [0.15, 0.2) is 0 Å². The number of hydrogen-bond donors (Lipinski definition) is 2. The van der Waals surface area contributed by atoms with Gasteiger partial charge in [-0.25, -0.2) is 0 Å². The molecule has 2 nitrogen and oxygen atoms in total. The zero-order valence-electron chi connectivity index (χ0n) is 2.76. The Labute approximate surface area is 34.9 Å². The van der Waals surface area contributed by atoms with Crippen LogP contribution >= 0.6 is 0 Å². The molecule has 0 aromatic heterocycles. The molecule has 0 saturated heterocycles. The fourth-order valence-corrected chi connectivity index (χ4v) is 0. The van der Waals surface area contributed by atoms with Gasteiger partial charge in [-0.2, -0.15) is 0 Å². The molecule has 0 bridgehead atoms. The molecule has 0 aliphatic carbocycles. The molecule has 0 aliphatic heterocycles. The van der Waals surface area contributed by atoms with Crippen LogP contribution in [0.5, 0.6) is 0 Å². The van der Waals surface area contributed by atoms with Crippen molar-refractivity contribution >= 4 is 0 Å². The van der Waals surface area contributed by atoms with Crippen LogP contribution in [0, 0.1) is 0 Å². The second kappa shape index (κ2) is 166. The van der Waals surface area contributed by atoms with Gasteiger partial charge in [0.25, 0.3) is 0 Å². The molecule has 8 N–H and O–H groups in total. The van der Waals surface area contributed by atoms with Crippen LogP contribution < -0.4 is 34.0 Å². The lowest BCUT2D eigenvalue weighted by atomic mass is 14.0. The summed E-state index contributed by atoms with van der Waals surface area (Å²) in [5.41, 5.74) is 0. The second-order valence-corrected chi connectivity index (χ2v) is 0. The molecule has 0 aliphatic rings. The van der Waals surface area contributed by atoms with Gasteiger partial charge in [-0.15, -0.1) is 0 Å². The normalized spacial score (nSPS) is 0. The van der Waals surface area contributed by atoms with E-state index in [2.05, 4.69) is 0 Å². The van der Waals surface area contributed by atoms with Crippen LogP contribution in [0.3, 0.4) is 0 Å². The third kappa shape index (κ3) is 37.8. The molecule has 0 atom stereocenters. The summed E-state index contributed by atoms with van der Waals surface area (Å²) in [7, 11) is 0. The Morgan fingerprint density at radius 3 is 0.750 bits per heavy atom. The molecule has 4 heteroatoms. The van der Waals surface area contributed by atoms with E-state index in [1.807, 2.05) is 0 Å². The zero-order chi connectivity index (χ0) is 0. The average molecular weight is 135 g/mol. The van der Waals surface area contributed by atoms with Crippen molar-refractivity contribution in [2.45, 2.75) is 0 Å². The van der Waals surface area contributed by atoms with Gasteiger partial charge in [0.15, 0.2) is 0 Å². The third-order valence-electron chi connectivity index (χ3n) is 0. The first-order chi connectivity index (χ1) is 0. The first-order valence-electron chi connectivity index (χ1n) is 0. The van der Waals surface area contributed by atoms with Crippen molar-refractivity contribution in [1.82, 2.24) is 12.3 Å². The van der Waals surface area contributed by atoms with Gasteiger partial charge in [-0.05, 0) is 0 Å². The Hall–Kier alpha value is 0.330. The van der Waals surface area contributed by atoms with Crippen molar-refractivity contribution in [2.24, 2.45) is 0 Å². The van der Waals surface area contributed by atoms with Crippen LogP contribution in [0.4, 0.5) is 0 Å². The number of quaternary nitrogens is 2. The van der Waals surface area contributed by atoms with Crippen LogP contribution in [0.2, 0.25) is 0 Å². The zero-order valence-corrected chi connectivity index (χ0v) is 4.34. The van der Waals surface area contributed by atoms with Crippen molar-refractivity contribution < 1.29 is 21.7 Å². The Kier molecular flexibility index (Phi) is 18300. The summed E-state index contributed by atoms with van der Waals surface area (Å²) in [6.07, 6.45) is 0. The fourth-order valence-electron chi connectivity index (χ4n) is 0. The van der Waals surface area contributed by atoms with Crippen molar-refractivity contribution in [1.29, 1.82) is 0 Å². The summed E-state index contributed by atoms with van der Waals surface area (Å²) in [5.74, 6) is 0. The minimum absolute atomic E-state index is 0. The van der Waals surface area contributed by atoms with Crippen LogP contribution in [-0.2, 0) is 0 Å². The highest BCUT2D eigenvalue weighted by Gasteiger charge is -0.368. The SMILES string of the molecule is [Br-].[F-].[NH4+].[NH4+]. The molecule has 0 rings (SSSR count). The van der Waals surface area contributed by atoms with Gasteiger partial charge in [0.1, 0.15) is 0 Å². The third-order valence-corrected chi connectivity index (χ3v) is 0. The lowest BCUT2D eigenvalue weighted by molar-refractivity contribution is -0.001000. The first-order valence-corrected chi connectivity index (χ1v) is 0. The summed E-state index contributed by atoms with van der Waals surface area (Å²) < 4.78 is 0. The Morgan fingerprint density at radius 2 is 0.750 bits per heavy atom. The summed E-state index contributed by atoms with van der Waals surface area (Å²) in [4.78, 5) is 0. The summed E-state index contributed by atoms with van der Waals surface area (Å²) in [6.45, 7) is 0. The van der Waals surface area contributed by atoms with E-state index in [0.29, 0.717) is 0 Å². The highest BCUT2D eigenvalue weighted by molar-refractivity contribution is 2.14. The van der Waals surface area contributed by atoms with E-state index < -0.39 is 0 Å². The van der Waals surface area contributed by atoms with Gasteiger partial charge in [0.2, 0.25) is 0 Å². The van der Waals surface area contributed by atoms with Crippen LogP contribution in [0.1, 0.15) is 0 Å². The molecule has 0 heterocycles. The van der Waals surface area contributed by atoms with Gasteiger partial charge in [0.05, 0.1) is 0 Å². The monoisotopic (exact) mass is 134 g/mol. The fraction of sp³-hybridized carbons (Fsp3) is 0. The highest BCUT2D eigenvalue weighted by atomic mass is 79.9. The number of halogens is 2.